The molecule has 9 rings (SSSR count). The number of benzene rings is 9. The van der Waals surface area contributed by atoms with Crippen molar-refractivity contribution < 1.29 is 0 Å². The maximum Gasteiger partial charge on any atom is 0.0567 e. The Morgan fingerprint density at radius 2 is 0.712 bits per heavy atom. The van der Waals surface area contributed by atoms with Crippen LogP contribution in [0.4, 0.5) is 34.1 Å². The van der Waals surface area contributed by atoms with Gasteiger partial charge in [-0.05, 0) is 75.8 Å². The number of hydrogen-bond acceptors (Lipinski definition) is 2. The van der Waals surface area contributed by atoms with E-state index in [-0.39, 0.29) is 0 Å². The summed E-state index contributed by atoms with van der Waals surface area (Å²) in [5.41, 5.74) is 11.3. The highest BCUT2D eigenvalue weighted by Crippen LogP contribution is 2.49. The zero-order chi connectivity index (χ0) is 34.7. The van der Waals surface area contributed by atoms with E-state index in [1.807, 2.05) is 0 Å². The summed E-state index contributed by atoms with van der Waals surface area (Å²) in [5.74, 6) is 0. The number of para-hydroxylation sites is 4. The topological polar surface area (TPSA) is 6.48 Å². The van der Waals surface area contributed by atoms with Crippen LogP contribution in [0.1, 0.15) is 0 Å². The third-order valence-electron chi connectivity index (χ3n) is 9.79. The Kier molecular flexibility index (Phi) is 8.24. The molecule has 0 aliphatic rings. The van der Waals surface area contributed by atoms with Crippen LogP contribution in [-0.2, 0) is 0 Å². The van der Waals surface area contributed by atoms with E-state index in [1.54, 1.807) is 0 Å². The summed E-state index contributed by atoms with van der Waals surface area (Å²) in [6.45, 7) is 0. The monoisotopic (exact) mass is 664 g/mol. The third kappa shape index (κ3) is 5.77. The summed E-state index contributed by atoms with van der Waals surface area (Å²) in [7, 11) is 0. The Bertz CT molecular complexity index is 2620. The van der Waals surface area contributed by atoms with Crippen LogP contribution in [0.3, 0.4) is 0 Å². The lowest BCUT2D eigenvalue weighted by Gasteiger charge is -2.33. The van der Waals surface area contributed by atoms with Crippen LogP contribution < -0.4 is 9.80 Å². The second-order valence-corrected chi connectivity index (χ2v) is 13.0. The molecule has 9 aromatic carbocycles. The van der Waals surface area contributed by atoms with Crippen LogP contribution in [0.15, 0.2) is 218 Å². The summed E-state index contributed by atoms with van der Waals surface area (Å²) < 4.78 is 0. The highest BCUT2D eigenvalue weighted by atomic mass is 15.2. The molecular formula is C50H36N2. The average Bonchev–Trinajstić information content (AvgIpc) is 3.23. The molecule has 0 saturated carbocycles. The second kappa shape index (κ2) is 13.8. The molecule has 0 spiro atoms. The van der Waals surface area contributed by atoms with Gasteiger partial charge in [-0.3, -0.25) is 0 Å². The number of hydrogen-bond donors (Lipinski definition) is 0. The number of fused-ring (bicyclic) bond motifs is 3. The Labute approximate surface area is 305 Å². The summed E-state index contributed by atoms with van der Waals surface area (Å²) in [4.78, 5) is 4.86. The van der Waals surface area contributed by atoms with Crippen molar-refractivity contribution in [2.75, 3.05) is 9.80 Å². The van der Waals surface area contributed by atoms with Crippen molar-refractivity contribution in [2.24, 2.45) is 0 Å². The van der Waals surface area contributed by atoms with Gasteiger partial charge in [0.15, 0.2) is 0 Å². The van der Waals surface area contributed by atoms with Gasteiger partial charge in [-0.15, -0.1) is 0 Å². The van der Waals surface area contributed by atoms with Gasteiger partial charge < -0.3 is 9.80 Å². The van der Waals surface area contributed by atoms with E-state index in [4.69, 9.17) is 0 Å². The van der Waals surface area contributed by atoms with E-state index in [9.17, 15) is 0 Å². The molecule has 2 heteroatoms. The molecule has 0 atom stereocenters. The Morgan fingerprint density at radius 1 is 0.269 bits per heavy atom. The highest BCUT2D eigenvalue weighted by Gasteiger charge is 2.24. The zero-order valence-corrected chi connectivity index (χ0v) is 28.7. The smallest absolute Gasteiger partial charge is 0.0567 e. The predicted molar refractivity (Wildman–Crippen MR) is 222 cm³/mol. The molecule has 0 fully saturated rings. The van der Waals surface area contributed by atoms with Gasteiger partial charge in [0.2, 0.25) is 0 Å². The molecule has 2 nitrogen and oxygen atoms in total. The lowest BCUT2D eigenvalue weighted by Crippen LogP contribution is -2.15. The first-order chi connectivity index (χ1) is 25.8. The fourth-order valence-electron chi connectivity index (χ4n) is 7.46. The van der Waals surface area contributed by atoms with Gasteiger partial charge in [0.05, 0.1) is 17.1 Å². The van der Waals surface area contributed by atoms with Crippen LogP contribution in [0.25, 0.3) is 43.8 Å². The lowest BCUT2D eigenvalue weighted by atomic mass is 9.96. The largest absolute Gasteiger partial charge is 0.310 e. The van der Waals surface area contributed by atoms with E-state index < -0.39 is 0 Å². The first kappa shape index (κ1) is 31.1. The van der Waals surface area contributed by atoms with Gasteiger partial charge in [-0.2, -0.15) is 0 Å². The molecule has 9 aromatic rings. The Balaban J connectivity index is 1.39. The molecule has 0 aliphatic carbocycles. The van der Waals surface area contributed by atoms with Gasteiger partial charge in [0.1, 0.15) is 0 Å². The first-order valence-electron chi connectivity index (χ1n) is 17.8. The summed E-state index contributed by atoms with van der Waals surface area (Å²) >= 11 is 0. The standard InChI is InChI=1S/C50H36N2/c1-5-19-37(20-6-1)44-28-15-17-31-47(44)51(41-24-9-3-10-25-41)43-35-40-34-33-39-23-13-14-30-46(39)50(40)49(36-43)52(42-26-11-4-12-27-42)48-32-18-16-29-45(48)38-21-7-2-8-22-38/h1-36H. The van der Waals surface area contributed by atoms with Gasteiger partial charge >= 0.3 is 0 Å². The van der Waals surface area contributed by atoms with Crippen LogP contribution in [-0.4, -0.2) is 0 Å². The molecule has 0 bridgehead atoms. The Hall–Kier alpha value is -6.90. The summed E-state index contributed by atoms with van der Waals surface area (Å²) in [6, 6.07) is 78.4. The highest BCUT2D eigenvalue weighted by molar-refractivity contribution is 6.17. The number of nitrogens with zero attached hydrogens (tertiary/aromatic N) is 2. The summed E-state index contributed by atoms with van der Waals surface area (Å²) in [6.07, 6.45) is 0. The molecule has 0 saturated heterocycles. The van der Waals surface area contributed by atoms with Crippen molar-refractivity contribution in [1.29, 1.82) is 0 Å². The van der Waals surface area contributed by atoms with E-state index in [0.717, 1.165) is 34.1 Å². The SMILES string of the molecule is c1ccc(-c2ccccc2N(c2ccccc2)c2cc(N(c3ccccc3)c3ccccc3-c3ccccc3)c3c(ccc4ccccc43)c2)cc1. The van der Waals surface area contributed by atoms with E-state index >= 15 is 0 Å². The van der Waals surface area contributed by atoms with Crippen molar-refractivity contribution in [3.05, 3.63) is 218 Å². The van der Waals surface area contributed by atoms with Crippen LogP contribution >= 0.6 is 0 Å². The minimum Gasteiger partial charge on any atom is -0.310 e. The Morgan fingerprint density at radius 3 is 1.31 bits per heavy atom. The molecule has 0 aromatic heterocycles. The van der Waals surface area contributed by atoms with Gasteiger partial charge in [-0.1, -0.05) is 170 Å². The van der Waals surface area contributed by atoms with E-state index in [0.29, 0.717) is 0 Å². The molecule has 52 heavy (non-hydrogen) atoms. The van der Waals surface area contributed by atoms with Crippen molar-refractivity contribution in [3.8, 4) is 22.3 Å². The zero-order valence-electron chi connectivity index (χ0n) is 28.7. The minimum absolute atomic E-state index is 1.07. The molecule has 0 heterocycles. The lowest BCUT2D eigenvalue weighted by molar-refractivity contribution is 1.26. The van der Waals surface area contributed by atoms with Gasteiger partial charge in [0.25, 0.3) is 0 Å². The summed E-state index contributed by atoms with van der Waals surface area (Å²) in [5, 5.41) is 4.80. The average molecular weight is 665 g/mol. The van der Waals surface area contributed by atoms with E-state index in [2.05, 4.69) is 228 Å². The number of anilines is 6. The quantitative estimate of drug-likeness (QED) is 0.149. The molecule has 0 unspecified atom stereocenters. The molecule has 0 aliphatic heterocycles. The maximum atomic E-state index is 2.45. The van der Waals surface area contributed by atoms with Crippen LogP contribution in [0.2, 0.25) is 0 Å². The van der Waals surface area contributed by atoms with Crippen molar-refractivity contribution in [2.45, 2.75) is 0 Å². The van der Waals surface area contributed by atoms with Crippen molar-refractivity contribution >= 4 is 55.7 Å². The normalized spacial score (nSPS) is 11.1. The minimum atomic E-state index is 1.07. The third-order valence-corrected chi connectivity index (χ3v) is 9.79. The first-order valence-corrected chi connectivity index (χ1v) is 17.8. The molecular weight excluding hydrogens is 629 g/mol. The van der Waals surface area contributed by atoms with Gasteiger partial charge in [-0.25, -0.2) is 0 Å². The number of rotatable bonds is 8. The fourth-order valence-corrected chi connectivity index (χ4v) is 7.46. The molecule has 0 N–H and O–H groups in total. The predicted octanol–water partition coefficient (Wildman–Crippen LogP) is 14.3. The van der Waals surface area contributed by atoms with Crippen LogP contribution in [0, 0.1) is 0 Å². The van der Waals surface area contributed by atoms with Crippen molar-refractivity contribution in [3.63, 3.8) is 0 Å². The van der Waals surface area contributed by atoms with E-state index in [1.165, 1.54) is 43.8 Å². The second-order valence-electron chi connectivity index (χ2n) is 13.0. The molecule has 246 valence electrons. The van der Waals surface area contributed by atoms with Crippen molar-refractivity contribution in [1.82, 2.24) is 0 Å². The van der Waals surface area contributed by atoms with Gasteiger partial charge in [0, 0.05) is 33.6 Å². The van der Waals surface area contributed by atoms with Crippen LogP contribution in [0.5, 0.6) is 0 Å². The fraction of sp³-hybridized carbons (Fsp3) is 0. The molecule has 0 amide bonds. The molecule has 0 radical (unpaired) electrons. The maximum absolute atomic E-state index is 2.45.